The zero-order valence-electron chi connectivity index (χ0n) is 9.69. The van der Waals surface area contributed by atoms with Gasteiger partial charge in [0.15, 0.2) is 0 Å². The van der Waals surface area contributed by atoms with Crippen molar-refractivity contribution in [1.82, 2.24) is 4.90 Å². The van der Waals surface area contributed by atoms with E-state index in [1.807, 2.05) is 0 Å². The number of hydrogen-bond acceptors (Lipinski definition) is 2. The van der Waals surface area contributed by atoms with Crippen molar-refractivity contribution in [3.8, 4) is 0 Å². The molecule has 0 aromatic carbocycles. The minimum atomic E-state index is -0.902. The van der Waals surface area contributed by atoms with E-state index in [4.69, 9.17) is 5.11 Å². The van der Waals surface area contributed by atoms with Gasteiger partial charge in [0.05, 0.1) is 0 Å². The highest BCUT2D eigenvalue weighted by Crippen LogP contribution is 2.36. The SMILES string of the molecule is CC1CC(C(=O)N(CC(=O)O)CC2CC2)C1. The molecule has 0 aromatic heterocycles. The Balaban J connectivity index is 1.88. The molecule has 2 saturated carbocycles. The molecular weight excluding hydrogens is 206 g/mol. The van der Waals surface area contributed by atoms with Gasteiger partial charge in [-0.15, -0.1) is 0 Å². The van der Waals surface area contributed by atoms with Crippen LogP contribution in [-0.4, -0.2) is 35.0 Å². The highest BCUT2D eigenvalue weighted by atomic mass is 16.4. The monoisotopic (exact) mass is 225 g/mol. The number of carboxylic acid groups (broad SMARTS) is 1. The highest BCUT2D eigenvalue weighted by molar-refractivity contribution is 5.83. The van der Waals surface area contributed by atoms with E-state index in [1.165, 1.54) is 0 Å². The molecule has 4 heteroatoms. The van der Waals surface area contributed by atoms with Crippen molar-refractivity contribution in [2.75, 3.05) is 13.1 Å². The Bertz CT molecular complexity index is 293. The van der Waals surface area contributed by atoms with Crippen molar-refractivity contribution < 1.29 is 14.7 Å². The van der Waals surface area contributed by atoms with Crippen LogP contribution in [0.2, 0.25) is 0 Å². The van der Waals surface area contributed by atoms with E-state index in [9.17, 15) is 9.59 Å². The molecule has 0 unspecified atom stereocenters. The van der Waals surface area contributed by atoms with Crippen LogP contribution in [0.1, 0.15) is 32.6 Å². The second-order valence-electron chi connectivity index (χ2n) is 5.33. The Morgan fingerprint density at radius 3 is 2.38 bits per heavy atom. The van der Waals surface area contributed by atoms with Crippen LogP contribution in [0.15, 0.2) is 0 Å². The summed E-state index contributed by atoms with van der Waals surface area (Å²) < 4.78 is 0. The van der Waals surface area contributed by atoms with Gasteiger partial charge in [0.2, 0.25) is 5.91 Å². The van der Waals surface area contributed by atoms with Crippen molar-refractivity contribution >= 4 is 11.9 Å². The Labute approximate surface area is 95.6 Å². The molecule has 0 aromatic rings. The van der Waals surface area contributed by atoms with Crippen LogP contribution in [0.25, 0.3) is 0 Å². The lowest BCUT2D eigenvalue weighted by atomic mass is 9.75. The zero-order chi connectivity index (χ0) is 11.7. The first-order valence-electron chi connectivity index (χ1n) is 6.07. The van der Waals surface area contributed by atoms with E-state index in [0.717, 1.165) is 25.7 Å². The minimum absolute atomic E-state index is 0.0624. The Morgan fingerprint density at radius 2 is 1.94 bits per heavy atom. The van der Waals surface area contributed by atoms with Gasteiger partial charge in [-0.2, -0.15) is 0 Å². The van der Waals surface area contributed by atoms with Gasteiger partial charge in [0.1, 0.15) is 6.54 Å². The summed E-state index contributed by atoms with van der Waals surface area (Å²) in [6.07, 6.45) is 4.15. The van der Waals surface area contributed by atoms with Gasteiger partial charge in [-0.25, -0.2) is 0 Å². The van der Waals surface area contributed by atoms with E-state index in [1.54, 1.807) is 4.90 Å². The quantitative estimate of drug-likeness (QED) is 0.768. The Hall–Kier alpha value is -1.06. The van der Waals surface area contributed by atoms with Gasteiger partial charge in [-0.3, -0.25) is 9.59 Å². The summed E-state index contributed by atoms with van der Waals surface area (Å²) in [5, 5.41) is 8.80. The fourth-order valence-electron chi connectivity index (χ4n) is 2.37. The van der Waals surface area contributed by atoms with Crippen LogP contribution in [0.4, 0.5) is 0 Å². The average molecular weight is 225 g/mol. The molecule has 90 valence electrons. The van der Waals surface area contributed by atoms with Crippen molar-refractivity contribution in [2.24, 2.45) is 17.8 Å². The Morgan fingerprint density at radius 1 is 1.31 bits per heavy atom. The van der Waals surface area contributed by atoms with Gasteiger partial charge < -0.3 is 10.0 Å². The van der Waals surface area contributed by atoms with E-state index in [-0.39, 0.29) is 18.4 Å². The van der Waals surface area contributed by atoms with Crippen molar-refractivity contribution in [3.05, 3.63) is 0 Å². The topological polar surface area (TPSA) is 57.6 Å². The van der Waals surface area contributed by atoms with E-state index in [2.05, 4.69) is 6.92 Å². The zero-order valence-corrected chi connectivity index (χ0v) is 9.69. The molecular formula is C12H19NO3. The summed E-state index contributed by atoms with van der Waals surface area (Å²) in [4.78, 5) is 24.3. The number of carbonyl (C=O) groups excluding carboxylic acids is 1. The van der Waals surface area contributed by atoms with Crippen LogP contribution >= 0.6 is 0 Å². The second kappa shape index (κ2) is 4.44. The molecule has 0 radical (unpaired) electrons. The van der Waals surface area contributed by atoms with Gasteiger partial charge >= 0.3 is 5.97 Å². The van der Waals surface area contributed by atoms with Gasteiger partial charge in [0, 0.05) is 12.5 Å². The number of carbonyl (C=O) groups is 2. The molecule has 0 heterocycles. The molecule has 4 nitrogen and oxygen atoms in total. The predicted molar refractivity (Wildman–Crippen MR) is 58.8 cm³/mol. The molecule has 0 spiro atoms. The largest absolute Gasteiger partial charge is 0.480 e. The molecule has 0 atom stereocenters. The number of nitrogens with zero attached hydrogens (tertiary/aromatic N) is 1. The standard InChI is InChI=1S/C12H19NO3/c1-8-4-10(5-8)12(16)13(7-11(14)15)6-9-2-3-9/h8-10H,2-7H2,1H3,(H,14,15). The number of rotatable bonds is 5. The molecule has 0 bridgehead atoms. The predicted octanol–water partition coefficient (Wildman–Crippen LogP) is 1.36. The summed E-state index contributed by atoms with van der Waals surface area (Å²) in [5.41, 5.74) is 0. The van der Waals surface area contributed by atoms with E-state index < -0.39 is 5.97 Å². The maximum Gasteiger partial charge on any atom is 0.323 e. The summed E-state index contributed by atoms with van der Waals surface area (Å²) in [5.74, 6) is 0.434. The first-order valence-corrected chi connectivity index (χ1v) is 6.07. The molecule has 1 N–H and O–H groups in total. The van der Waals surface area contributed by atoms with E-state index in [0.29, 0.717) is 18.4 Å². The molecule has 0 saturated heterocycles. The summed E-state index contributed by atoms with van der Waals surface area (Å²) >= 11 is 0. The van der Waals surface area contributed by atoms with Crippen LogP contribution in [-0.2, 0) is 9.59 Å². The van der Waals surface area contributed by atoms with Gasteiger partial charge in [-0.05, 0) is 37.5 Å². The molecule has 2 rings (SSSR count). The smallest absolute Gasteiger partial charge is 0.323 e. The number of aliphatic carboxylic acids is 1. The molecule has 0 aliphatic heterocycles. The summed E-state index contributed by atoms with van der Waals surface area (Å²) in [6, 6.07) is 0. The lowest BCUT2D eigenvalue weighted by Gasteiger charge is -2.35. The number of hydrogen-bond donors (Lipinski definition) is 1. The minimum Gasteiger partial charge on any atom is -0.480 e. The lowest BCUT2D eigenvalue weighted by molar-refractivity contribution is -0.148. The number of carboxylic acids is 1. The molecule has 2 aliphatic rings. The van der Waals surface area contributed by atoms with Gasteiger partial charge in [-0.1, -0.05) is 6.92 Å². The fraction of sp³-hybridized carbons (Fsp3) is 0.833. The molecule has 2 aliphatic carbocycles. The lowest BCUT2D eigenvalue weighted by Crippen LogP contribution is -2.44. The van der Waals surface area contributed by atoms with Crippen LogP contribution in [0.3, 0.4) is 0 Å². The molecule has 2 fully saturated rings. The third-order valence-electron chi connectivity index (χ3n) is 3.54. The third kappa shape index (κ3) is 2.74. The van der Waals surface area contributed by atoms with Crippen LogP contribution < -0.4 is 0 Å². The maximum absolute atomic E-state index is 12.0. The summed E-state index contributed by atoms with van der Waals surface area (Å²) in [6.45, 7) is 2.66. The molecule has 16 heavy (non-hydrogen) atoms. The first-order chi connectivity index (χ1) is 7.56. The Kier molecular flexibility index (Phi) is 3.17. The summed E-state index contributed by atoms with van der Waals surface area (Å²) in [7, 11) is 0. The normalized spacial score (nSPS) is 28.3. The third-order valence-corrected chi connectivity index (χ3v) is 3.54. The highest BCUT2D eigenvalue weighted by Gasteiger charge is 2.36. The van der Waals surface area contributed by atoms with Crippen molar-refractivity contribution in [2.45, 2.75) is 32.6 Å². The van der Waals surface area contributed by atoms with Crippen molar-refractivity contribution in [1.29, 1.82) is 0 Å². The molecule has 1 amide bonds. The van der Waals surface area contributed by atoms with Crippen LogP contribution in [0.5, 0.6) is 0 Å². The maximum atomic E-state index is 12.0. The average Bonchev–Trinajstić information content (AvgIpc) is 2.94. The van der Waals surface area contributed by atoms with Crippen molar-refractivity contribution in [3.63, 3.8) is 0 Å². The van der Waals surface area contributed by atoms with Gasteiger partial charge in [0.25, 0.3) is 0 Å². The first kappa shape index (κ1) is 11.4. The second-order valence-corrected chi connectivity index (χ2v) is 5.33. The fourth-order valence-corrected chi connectivity index (χ4v) is 2.37. The van der Waals surface area contributed by atoms with E-state index >= 15 is 0 Å². The number of amides is 1. The van der Waals surface area contributed by atoms with Crippen LogP contribution in [0, 0.1) is 17.8 Å².